The zero-order chi connectivity index (χ0) is 13.3. The lowest BCUT2D eigenvalue weighted by molar-refractivity contribution is -0.137. The number of phenols is 1. The summed E-state index contributed by atoms with van der Waals surface area (Å²) in [4.78, 5) is 0. The first-order chi connectivity index (χ1) is 8.39. The van der Waals surface area contributed by atoms with Crippen molar-refractivity contribution < 1.29 is 18.3 Å². The molecule has 0 amide bonds. The Hall–Kier alpha value is -2.17. The van der Waals surface area contributed by atoms with E-state index in [9.17, 15) is 18.3 Å². The third-order valence-electron chi connectivity index (χ3n) is 2.57. The molecule has 0 radical (unpaired) electrons. The van der Waals surface area contributed by atoms with Crippen LogP contribution >= 0.6 is 0 Å². The maximum atomic E-state index is 12.6. The van der Waals surface area contributed by atoms with Crippen molar-refractivity contribution in [3.8, 4) is 16.9 Å². The van der Waals surface area contributed by atoms with Crippen LogP contribution < -0.4 is 5.73 Å². The lowest BCUT2D eigenvalue weighted by Gasteiger charge is -2.12. The highest BCUT2D eigenvalue weighted by atomic mass is 19.4. The number of alkyl halides is 3. The average molecular weight is 253 g/mol. The van der Waals surface area contributed by atoms with Crippen LogP contribution in [0.3, 0.4) is 0 Å². The Morgan fingerprint density at radius 2 is 1.61 bits per heavy atom. The van der Waals surface area contributed by atoms with E-state index in [0.29, 0.717) is 11.3 Å². The van der Waals surface area contributed by atoms with Crippen molar-refractivity contribution in [2.45, 2.75) is 6.18 Å². The van der Waals surface area contributed by atoms with Gasteiger partial charge in [-0.1, -0.05) is 18.2 Å². The van der Waals surface area contributed by atoms with Gasteiger partial charge >= 0.3 is 6.18 Å². The van der Waals surface area contributed by atoms with Gasteiger partial charge in [-0.3, -0.25) is 0 Å². The van der Waals surface area contributed by atoms with Gasteiger partial charge in [0.2, 0.25) is 0 Å². The fourth-order valence-corrected chi connectivity index (χ4v) is 1.67. The van der Waals surface area contributed by atoms with E-state index in [0.717, 1.165) is 18.2 Å². The fraction of sp³-hybridized carbons (Fsp3) is 0.0769. The van der Waals surface area contributed by atoms with E-state index in [1.165, 1.54) is 0 Å². The topological polar surface area (TPSA) is 46.2 Å². The second kappa shape index (κ2) is 4.25. The zero-order valence-corrected chi connectivity index (χ0v) is 9.20. The summed E-state index contributed by atoms with van der Waals surface area (Å²) in [5.41, 5.74) is 5.63. The largest absolute Gasteiger partial charge is 0.507 e. The summed E-state index contributed by atoms with van der Waals surface area (Å²) in [5.74, 6) is -0.235. The van der Waals surface area contributed by atoms with Crippen molar-refractivity contribution in [1.82, 2.24) is 0 Å². The van der Waals surface area contributed by atoms with Crippen LogP contribution in [0.5, 0.6) is 5.75 Å². The molecule has 5 heteroatoms. The molecule has 0 fully saturated rings. The van der Waals surface area contributed by atoms with Crippen LogP contribution in [-0.4, -0.2) is 5.11 Å². The van der Waals surface area contributed by atoms with E-state index in [-0.39, 0.29) is 11.3 Å². The van der Waals surface area contributed by atoms with Gasteiger partial charge in [0.15, 0.2) is 0 Å². The molecular formula is C13H10F3NO. The van der Waals surface area contributed by atoms with Crippen LogP contribution in [-0.2, 0) is 6.18 Å². The SMILES string of the molecule is Nc1ccccc1-c1cc(C(F)(F)F)ccc1O. The number of para-hydroxylation sites is 1. The van der Waals surface area contributed by atoms with Crippen molar-refractivity contribution >= 4 is 5.69 Å². The number of hydrogen-bond acceptors (Lipinski definition) is 2. The third kappa shape index (κ3) is 2.25. The summed E-state index contributed by atoms with van der Waals surface area (Å²) in [6.07, 6.45) is -4.45. The lowest BCUT2D eigenvalue weighted by atomic mass is 10.0. The molecule has 0 bridgehead atoms. The Balaban J connectivity index is 2.61. The molecule has 0 saturated carbocycles. The van der Waals surface area contributed by atoms with Crippen LogP contribution in [0.15, 0.2) is 42.5 Å². The molecule has 18 heavy (non-hydrogen) atoms. The fourth-order valence-electron chi connectivity index (χ4n) is 1.67. The van der Waals surface area contributed by atoms with Crippen molar-refractivity contribution in [2.75, 3.05) is 5.73 Å². The van der Waals surface area contributed by atoms with Gasteiger partial charge in [0.25, 0.3) is 0 Å². The van der Waals surface area contributed by atoms with Crippen LogP contribution in [0.1, 0.15) is 5.56 Å². The lowest BCUT2D eigenvalue weighted by Crippen LogP contribution is -2.04. The second-order valence-corrected chi connectivity index (χ2v) is 3.82. The number of nitrogens with two attached hydrogens (primary N) is 1. The van der Waals surface area contributed by atoms with Gasteiger partial charge in [-0.2, -0.15) is 13.2 Å². The molecule has 0 heterocycles. The first kappa shape index (κ1) is 12.3. The van der Waals surface area contributed by atoms with E-state index >= 15 is 0 Å². The van der Waals surface area contributed by atoms with Gasteiger partial charge in [-0.15, -0.1) is 0 Å². The molecule has 2 aromatic carbocycles. The predicted molar refractivity (Wildman–Crippen MR) is 63.0 cm³/mol. The monoisotopic (exact) mass is 253 g/mol. The van der Waals surface area contributed by atoms with E-state index in [4.69, 9.17) is 5.73 Å². The third-order valence-corrected chi connectivity index (χ3v) is 2.57. The number of aromatic hydroxyl groups is 1. The van der Waals surface area contributed by atoms with Crippen LogP contribution in [0.2, 0.25) is 0 Å². The standard InChI is InChI=1S/C13H10F3NO/c14-13(15,16)8-5-6-12(18)10(7-8)9-3-1-2-4-11(9)17/h1-7,18H,17H2. The molecule has 2 rings (SSSR count). The van der Waals surface area contributed by atoms with E-state index in [1.807, 2.05) is 0 Å². The van der Waals surface area contributed by atoms with Gasteiger partial charge in [-0.25, -0.2) is 0 Å². The Labute approximate surface area is 101 Å². The number of phenolic OH excluding ortho intramolecular Hbond substituents is 1. The number of rotatable bonds is 1. The van der Waals surface area contributed by atoms with Crippen LogP contribution in [0, 0.1) is 0 Å². The molecule has 0 atom stereocenters. The molecule has 2 aromatic rings. The second-order valence-electron chi connectivity index (χ2n) is 3.82. The van der Waals surface area contributed by atoms with Crippen molar-refractivity contribution in [3.05, 3.63) is 48.0 Å². The maximum Gasteiger partial charge on any atom is 0.416 e. The van der Waals surface area contributed by atoms with Gasteiger partial charge in [0, 0.05) is 16.8 Å². The van der Waals surface area contributed by atoms with E-state index < -0.39 is 11.7 Å². The van der Waals surface area contributed by atoms with Gasteiger partial charge in [-0.05, 0) is 24.3 Å². The summed E-state index contributed by atoms with van der Waals surface area (Å²) < 4.78 is 37.8. The summed E-state index contributed by atoms with van der Waals surface area (Å²) >= 11 is 0. The normalized spacial score (nSPS) is 11.5. The Morgan fingerprint density at radius 1 is 0.944 bits per heavy atom. The molecule has 0 unspecified atom stereocenters. The molecule has 3 N–H and O–H groups in total. The number of hydrogen-bond donors (Lipinski definition) is 2. The molecule has 0 spiro atoms. The first-order valence-corrected chi connectivity index (χ1v) is 5.14. The minimum atomic E-state index is -4.45. The molecule has 0 saturated heterocycles. The summed E-state index contributed by atoms with van der Waals surface area (Å²) in [6, 6.07) is 9.18. The summed E-state index contributed by atoms with van der Waals surface area (Å²) in [7, 11) is 0. The van der Waals surface area contributed by atoms with E-state index in [2.05, 4.69) is 0 Å². The number of benzene rings is 2. The zero-order valence-electron chi connectivity index (χ0n) is 9.20. The highest BCUT2D eigenvalue weighted by Crippen LogP contribution is 2.38. The first-order valence-electron chi connectivity index (χ1n) is 5.14. The molecule has 0 aliphatic rings. The Kier molecular flexibility index (Phi) is 2.90. The van der Waals surface area contributed by atoms with Crippen molar-refractivity contribution in [2.24, 2.45) is 0 Å². The molecular weight excluding hydrogens is 243 g/mol. The molecule has 94 valence electrons. The average Bonchev–Trinajstić information content (AvgIpc) is 2.29. The summed E-state index contributed by atoms with van der Waals surface area (Å²) in [5, 5.41) is 9.66. The van der Waals surface area contributed by atoms with Gasteiger partial charge in [0.1, 0.15) is 5.75 Å². The van der Waals surface area contributed by atoms with Gasteiger partial charge < -0.3 is 10.8 Å². The highest BCUT2D eigenvalue weighted by molar-refractivity contribution is 5.80. The Bertz CT molecular complexity index is 579. The number of nitrogen functional groups attached to an aromatic ring is 1. The van der Waals surface area contributed by atoms with Crippen molar-refractivity contribution in [1.29, 1.82) is 0 Å². The van der Waals surface area contributed by atoms with Crippen LogP contribution in [0.4, 0.5) is 18.9 Å². The Morgan fingerprint density at radius 3 is 2.22 bits per heavy atom. The number of anilines is 1. The van der Waals surface area contributed by atoms with Crippen LogP contribution in [0.25, 0.3) is 11.1 Å². The molecule has 0 aliphatic carbocycles. The van der Waals surface area contributed by atoms with Gasteiger partial charge in [0.05, 0.1) is 5.56 Å². The molecule has 0 aliphatic heterocycles. The van der Waals surface area contributed by atoms with E-state index in [1.54, 1.807) is 24.3 Å². The minimum absolute atomic E-state index is 0.0722. The smallest absolute Gasteiger partial charge is 0.416 e. The minimum Gasteiger partial charge on any atom is -0.507 e. The molecule has 2 nitrogen and oxygen atoms in total. The number of halogens is 3. The quantitative estimate of drug-likeness (QED) is 0.762. The molecule has 0 aromatic heterocycles. The predicted octanol–water partition coefficient (Wildman–Crippen LogP) is 3.66. The highest BCUT2D eigenvalue weighted by Gasteiger charge is 2.31. The summed E-state index contributed by atoms with van der Waals surface area (Å²) in [6.45, 7) is 0. The maximum absolute atomic E-state index is 12.6. The van der Waals surface area contributed by atoms with Crippen molar-refractivity contribution in [3.63, 3.8) is 0 Å².